The summed E-state index contributed by atoms with van der Waals surface area (Å²) in [5, 5.41) is 0. The summed E-state index contributed by atoms with van der Waals surface area (Å²) in [7, 11) is 0. The van der Waals surface area contributed by atoms with Crippen LogP contribution in [0.2, 0.25) is 0 Å². The molecular weight excluding hydrogens is 276 g/mol. The number of imidazole rings is 1. The van der Waals surface area contributed by atoms with Crippen molar-refractivity contribution in [1.82, 2.24) is 19.9 Å². The van der Waals surface area contributed by atoms with Gasteiger partial charge in [-0.25, -0.2) is 9.97 Å². The fraction of sp³-hybridized carbons (Fsp3) is 0. The van der Waals surface area contributed by atoms with Crippen LogP contribution in [0.5, 0.6) is 0 Å². The van der Waals surface area contributed by atoms with Gasteiger partial charge in [0.1, 0.15) is 5.82 Å². The van der Waals surface area contributed by atoms with Crippen LogP contribution < -0.4 is 5.56 Å². The third kappa shape index (κ3) is 2.18. The third-order valence-electron chi connectivity index (χ3n) is 3.50. The van der Waals surface area contributed by atoms with Gasteiger partial charge in [-0.2, -0.15) is 0 Å². The fourth-order valence-electron chi connectivity index (χ4n) is 2.38. The fourth-order valence-corrected chi connectivity index (χ4v) is 2.38. The van der Waals surface area contributed by atoms with Crippen molar-refractivity contribution in [2.24, 2.45) is 0 Å². The number of aromatic nitrogens is 4. The van der Waals surface area contributed by atoms with Crippen molar-refractivity contribution in [3.05, 3.63) is 71.3 Å². The zero-order valence-electron chi connectivity index (χ0n) is 11.6. The number of hydrogen-bond acceptors (Lipinski definition) is 3. The molecule has 0 aliphatic heterocycles. The van der Waals surface area contributed by atoms with Crippen molar-refractivity contribution < 1.29 is 0 Å². The molecule has 0 amide bonds. The summed E-state index contributed by atoms with van der Waals surface area (Å²) in [6, 6.07) is 15.2. The molecule has 106 valence electrons. The molecule has 1 aromatic carbocycles. The SMILES string of the molecule is O=c1ccc(-c2cnc3nc(-c4ccccc4)[nH]c3c2)c[nH]1. The van der Waals surface area contributed by atoms with Gasteiger partial charge in [-0.1, -0.05) is 30.3 Å². The molecule has 0 unspecified atom stereocenters. The van der Waals surface area contributed by atoms with Crippen LogP contribution in [-0.4, -0.2) is 19.9 Å². The highest BCUT2D eigenvalue weighted by Gasteiger charge is 2.07. The van der Waals surface area contributed by atoms with Crippen molar-refractivity contribution in [1.29, 1.82) is 0 Å². The Bertz CT molecular complexity index is 982. The topological polar surface area (TPSA) is 74.4 Å². The lowest BCUT2D eigenvalue weighted by molar-refractivity contribution is 1.24. The second-order valence-electron chi connectivity index (χ2n) is 4.99. The van der Waals surface area contributed by atoms with E-state index in [1.54, 1.807) is 18.5 Å². The van der Waals surface area contributed by atoms with E-state index in [0.717, 1.165) is 28.0 Å². The molecule has 0 aliphatic rings. The minimum Gasteiger partial charge on any atom is -0.337 e. The minimum absolute atomic E-state index is 0.120. The molecule has 0 atom stereocenters. The van der Waals surface area contributed by atoms with Gasteiger partial charge in [0.05, 0.1) is 5.52 Å². The van der Waals surface area contributed by atoms with E-state index in [9.17, 15) is 4.79 Å². The summed E-state index contributed by atoms with van der Waals surface area (Å²) in [4.78, 5) is 26.0. The molecule has 0 saturated carbocycles. The maximum atomic E-state index is 11.1. The first-order valence-electron chi connectivity index (χ1n) is 6.90. The van der Waals surface area contributed by atoms with Crippen LogP contribution in [0.4, 0.5) is 0 Å². The number of hydrogen-bond donors (Lipinski definition) is 2. The Hall–Kier alpha value is -3.21. The van der Waals surface area contributed by atoms with E-state index >= 15 is 0 Å². The first-order chi connectivity index (χ1) is 10.8. The molecule has 0 fully saturated rings. The number of rotatable bonds is 2. The van der Waals surface area contributed by atoms with Gasteiger partial charge in [-0.05, 0) is 17.7 Å². The Morgan fingerprint density at radius 1 is 0.909 bits per heavy atom. The van der Waals surface area contributed by atoms with E-state index in [2.05, 4.69) is 19.9 Å². The first-order valence-corrected chi connectivity index (χ1v) is 6.90. The second kappa shape index (κ2) is 4.96. The van der Waals surface area contributed by atoms with Gasteiger partial charge < -0.3 is 9.97 Å². The summed E-state index contributed by atoms with van der Waals surface area (Å²) >= 11 is 0. The normalized spacial score (nSPS) is 10.9. The Morgan fingerprint density at radius 2 is 1.77 bits per heavy atom. The molecule has 2 N–H and O–H groups in total. The summed E-state index contributed by atoms with van der Waals surface area (Å²) < 4.78 is 0. The average molecular weight is 288 g/mol. The number of nitrogens with zero attached hydrogens (tertiary/aromatic N) is 2. The standard InChI is InChI=1S/C17H12N4O/c22-15-7-6-12(9-18-15)13-8-14-17(19-10-13)21-16(20-14)11-4-2-1-3-5-11/h1-10H,(H,18,22)(H,19,20,21). The first kappa shape index (κ1) is 12.5. The van der Waals surface area contributed by atoms with Crippen LogP contribution in [0.15, 0.2) is 65.7 Å². The van der Waals surface area contributed by atoms with E-state index in [1.807, 2.05) is 36.4 Å². The predicted octanol–water partition coefficient (Wildman–Crippen LogP) is 2.98. The molecule has 0 spiro atoms. The molecular formula is C17H12N4O. The molecule has 0 saturated heterocycles. The minimum atomic E-state index is -0.120. The summed E-state index contributed by atoms with van der Waals surface area (Å²) in [5.74, 6) is 0.793. The van der Waals surface area contributed by atoms with Crippen molar-refractivity contribution >= 4 is 11.2 Å². The van der Waals surface area contributed by atoms with Crippen molar-refractivity contribution in [2.45, 2.75) is 0 Å². The van der Waals surface area contributed by atoms with Crippen LogP contribution in [-0.2, 0) is 0 Å². The lowest BCUT2D eigenvalue weighted by Crippen LogP contribution is -2.01. The Kier molecular flexibility index (Phi) is 2.83. The molecule has 0 aliphatic carbocycles. The summed E-state index contributed by atoms with van der Waals surface area (Å²) in [6.45, 7) is 0. The Labute approximate surface area is 125 Å². The average Bonchev–Trinajstić information content (AvgIpc) is 2.99. The summed E-state index contributed by atoms with van der Waals surface area (Å²) in [5.41, 5.74) is 4.27. The van der Waals surface area contributed by atoms with Gasteiger partial charge in [0, 0.05) is 29.6 Å². The molecule has 5 heteroatoms. The highest BCUT2D eigenvalue weighted by Crippen LogP contribution is 2.23. The lowest BCUT2D eigenvalue weighted by Gasteiger charge is -1.99. The molecule has 4 aromatic rings. The smallest absolute Gasteiger partial charge is 0.247 e. The molecule has 22 heavy (non-hydrogen) atoms. The molecule has 3 heterocycles. The number of H-pyrrole nitrogens is 2. The molecule has 5 nitrogen and oxygen atoms in total. The monoisotopic (exact) mass is 288 g/mol. The van der Waals surface area contributed by atoms with E-state index in [0.29, 0.717) is 5.65 Å². The highest BCUT2D eigenvalue weighted by molar-refractivity contribution is 5.80. The number of benzene rings is 1. The van der Waals surface area contributed by atoms with Gasteiger partial charge in [0.25, 0.3) is 0 Å². The number of fused-ring (bicyclic) bond motifs is 1. The Balaban J connectivity index is 1.81. The Morgan fingerprint density at radius 3 is 2.55 bits per heavy atom. The van der Waals surface area contributed by atoms with Gasteiger partial charge in [0.15, 0.2) is 5.65 Å². The van der Waals surface area contributed by atoms with Crippen molar-refractivity contribution in [3.63, 3.8) is 0 Å². The van der Waals surface area contributed by atoms with Crippen LogP contribution in [0.1, 0.15) is 0 Å². The maximum absolute atomic E-state index is 11.1. The van der Waals surface area contributed by atoms with Crippen molar-refractivity contribution in [3.8, 4) is 22.5 Å². The zero-order chi connectivity index (χ0) is 14.9. The second-order valence-corrected chi connectivity index (χ2v) is 4.99. The lowest BCUT2D eigenvalue weighted by atomic mass is 10.1. The van der Waals surface area contributed by atoms with E-state index in [4.69, 9.17) is 0 Å². The van der Waals surface area contributed by atoms with Crippen LogP contribution in [0.3, 0.4) is 0 Å². The van der Waals surface area contributed by atoms with Crippen molar-refractivity contribution in [2.75, 3.05) is 0 Å². The van der Waals surface area contributed by atoms with E-state index in [-0.39, 0.29) is 5.56 Å². The largest absolute Gasteiger partial charge is 0.337 e. The predicted molar refractivity (Wildman–Crippen MR) is 85.4 cm³/mol. The quantitative estimate of drug-likeness (QED) is 0.595. The van der Waals surface area contributed by atoms with Gasteiger partial charge in [-0.3, -0.25) is 4.79 Å². The van der Waals surface area contributed by atoms with Crippen LogP contribution >= 0.6 is 0 Å². The number of pyridine rings is 2. The van der Waals surface area contributed by atoms with Crippen LogP contribution in [0.25, 0.3) is 33.7 Å². The molecule has 4 rings (SSSR count). The summed E-state index contributed by atoms with van der Waals surface area (Å²) in [6.07, 6.45) is 3.44. The molecule has 0 bridgehead atoms. The van der Waals surface area contributed by atoms with Gasteiger partial charge in [0.2, 0.25) is 5.56 Å². The third-order valence-corrected chi connectivity index (χ3v) is 3.50. The maximum Gasteiger partial charge on any atom is 0.247 e. The van der Waals surface area contributed by atoms with E-state index < -0.39 is 0 Å². The number of aromatic amines is 2. The number of nitrogens with one attached hydrogen (secondary N) is 2. The zero-order valence-corrected chi connectivity index (χ0v) is 11.6. The highest BCUT2D eigenvalue weighted by atomic mass is 16.1. The van der Waals surface area contributed by atoms with Gasteiger partial charge >= 0.3 is 0 Å². The van der Waals surface area contributed by atoms with Crippen LogP contribution in [0, 0.1) is 0 Å². The van der Waals surface area contributed by atoms with E-state index in [1.165, 1.54) is 6.07 Å². The molecule has 0 radical (unpaired) electrons. The molecule has 3 aromatic heterocycles. The van der Waals surface area contributed by atoms with Gasteiger partial charge in [-0.15, -0.1) is 0 Å².